The van der Waals surface area contributed by atoms with Gasteiger partial charge in [-0.25, -0.2) is 5.43 Å². The van der Waals surface area contributed by atoms with E-state index in [0.29, 0.717) is 15.6 Å². The van der Waals surface area contributed by atoms with Gasteiger partial charge in [-0.1, -0.05) is 29.3 Å². The summed E-state index contributed by atoms with van der Waals surface area (Å²) in [5, 5.41) is 4.83. The van der Waals surface area contributed by atoms with E-state index in [1.54, 1.807) is 6.07 Å². The van der Waals surface area contributed by atoms with Crippen LogP contribution in [0.3, 0.4) is 0 Å². The highest BCUT2D eigenvalue weighted by molar-refractivity contribution is 7.18. The van der Waals surface area contributed by atoms with Gasteiger partial charge in [-0.3, -0.25) is 4.79 Å². The van der Waals surface area contributed by atoms with E-state index < -0.39 is 0 Å². The molecule has 0 saturated carbocycles. The zero-order chi connectivity index (χ0) is 16.4. The Morgan fingerprint density at radius 2 is 2.04 bits per heavy atom. The molecule has 0 unspecified atom stereocenters. The number of thiophene rings is 1. The number of benzene rings is 1. The van der Waals surface area contributed by atoms with Gasteiger partial charge in [-0.15, -0.1) is 11.3 Å². The normalized spacial score (nSPS) is 15.7. The first-order chi connectivity index (χ1) is 11.0. The summed E-state index contributed by atoms with van der Waals surface area (Å²) in [4.78, 5) is 13.7. The number of rotatable bonds is 3. The molecule has 1 aliphatic rings. The number of carbonyl (C=O) groups excluding carboxylic acids is 1. The van der Waals surface area contributed by atoms with Gasteiger partial charge < -0.3 is 5.73 Å². The van der Waals surface area contributed by atoms with Crippen LogP contribution in [0.2, 0.25) is 5.02 Å². The number of nitrogens with zero attached hydrogens (tertiary/aromatic N) is 1. The third-order valence-electron chi connectivity index (χ3n) is 3.59. The molecular formula is C17H16ClN3OS. The molecule has 0 spiro atoms. The Labute approximate surface area is 143 Å². The molecular weight excluding hydrogens is 330 g/mol. The standard InChI is InChI=1S/C17H16ClN3OS/c1-10-2-7-13(8-10)20-21-17(22)16-14(19)9-15(23-16)11-3-5-12(18)6-4-11/h3-6,8-9H,2,7,19H2,1H3,(H,21,22)/b20-13-. The number of carbonyl (C=O) groups is 1. The van der Waals surface area contributed by atoms with E-state index in [9.17, 15) is 4.79 Å². The molecule has 1 aromatic heterocycles. The van der Waals surface area contributed by atoms with Crippen LogP contribution in [0.1, 0.15) is 29.4 Å². The number of halogens is 1. The molecule has 1 aliphatic carbocycles. The highest BCUT2D eigenvalue weighted by atomic mass is 35.5. The minimum atomic E-state index is -0.279. The fourth-order valence-electron chi connectivity index (χ4n) is 2.35. The molecule has 1 amide bonds. The summed E-state index contributed by atoms with van der Waals surface area (Å²) in [5.41, 5.74) is 12.2. The molecule has 118 valence electrons. The van der Waals surface area contributed by atoms with Crippen LogP contribution in [0.15, 0.2) is 47.1 Å². The third-order valence-corrected chi connectivity index (χ3v) is 5.04. The number of amides is 1. The van der Waals surface area contributed by atoms with Crippen molar-refractivity contribution in [1.82, 2.24) is 5.43 Å². The predicted octanol–water partition coefficient (Wildman–Crippen LogP) is 4.48. The zero-order valence-corrected chi connectivity index (χ0v) is 14.2. The Hall–Kier alpha value is -2.11. The van der Waals surface area contributed by atoms with Crippen LogP contribution in [0.4, 0.5) is 5.69 Å². The van der Waals surface area contributed by atoms with Gasteiger partial charge in [0.1, 0.15) is 4.88 Å². The minimum absolute atomic E-state index is 0.279. The Morgan fingerprint density at radius 1 is 1.30 bits per heavy atom. The second-order valence-electron chi connectivity index (χ2n) is 5.44. The summed E-state index contributed by atoms with van der Waals surface area (Å²) >= 11 is 7.24. The van der Waals surface area contributed by atoms with Crippen molar-refractivity contribution in [1.29, 1.82) is 0 Å². The van der Waals surface area contributed by atoms with Crippen LogP contribution < -0.4 is 11.2 Å². The summed E-state index contributed by atoms with van der Waals surface area (Å²) in [7, 11) is 0. The molecule has 3 N–H and O–H groups in total. The van der Waals surface area contributed by atoms with Gasteiger partial charge in [-0.2, -0.15) is 5.10 Å². The van der Waals surface area contributed by atoms with E-state index in [2.05, 4.69) is 17.5 Å². The number of hydrogen-bond donors (Lipinski definition) is 2. The van der Waals surface area contributed by atoms with E-state index >= 15 is 0 Å². The first-order valence-corrected chi connectivity index (χ1v) is 8.41. The van der Waals surface area contributed by atoms with Gasteiger partial charge in [0.05, 0.1) is 11.4 Å². The van der Waals surface area contributed by atoms with Crippen molar-refractivity contribution in [3.8, 4) is 10.4 Å². The summed E-state index contributed by atoms with van der Waals surface area (Å²) in [6, 6.07) is 9.24. The van der Waals surface area contributed by atoms with Crippen molar-refractivity contribution in [2.45, 2.75) is 19.8 Å². The van der Waals surface area contributed by atoms with E-state index in [1.807, 2.05) is 30.3 Å². The average Bonchev–Trinajstić information content (AvgIpc) is 3.11. The van der Waals surface area contributed by atoms with Gasteiger partial charge in [0.2, 0.25) is 0 Å². The number of anilines is 1. The van der Waals surface area contributed by atoms with E-state index in [0.717, 1.165) is 29.0 Å². The maximum absolute atomic E-state index is 12.3. The predicted molar refractivity (Wildman–Crippen MR) is 97.1 cm³/mol. The van der Waals surface area contributed by atoms with Crippen molar-refractivity contribution in [2.24, 2.45) is 5.10 Å². The van der Waals surface area contributed by atoms with Crippen molar-refractivity contribution >= 4 is 40.2 Å². The molecule has 0 fully saturated rings. The van der Waals surface area contributed by atoms with E-state index in [-0.39, 0.29) is 5.91 Å². The molecule has 0 radical (unpaired) electrons. The molecule has 1 aromatic carbocycles. The van der Waals surface area contributed by atoms with E-state index in [4.69, 9.17) is 17.3 Å². The molecule has 3 rings (SSSR count). The molecule has 23 heavy (non-hydrogen) atoms. The van der Waals surface area contributed by atoms with E-state index in [1.165, 1.54) is 16.9 Å². The topological polar surface area (TPSA) is 67.5 Å². The van der Waals surface area contributed by atoms with Gasteiger partial charge in [-0.05, 0) is 49.6 Å². The van der Waals surface area contributed by atoms with Crippen molar-refractivity contribution in [2.75, 3.05) is 5.73 Å². The van der Waals surface area contributed by atoms with Gasteiger partial charge >= 0.3 is 0 Å². The van der Waals surface area contributed by atoms with Crippen molar-refractivity contribution in [3.63, 3.8) is 0 Å². The van der Waals surface area contributed by atoms with Crippen LogP contribution in [0, 0.1) is 0 Å². The molecule has 2 aromatic rings. The lowest BCUT2D eigenvalue weighted by Crippen LogP contribution is -2.18. The molecule has 0 bridgehead atoms. The Kier molecular flexibility index (Phi) is 4.50. The lowest BCUT2D eigenvalue weighted by Gasteiger charge is -1.99. The Morgan fingerprint density at radius 3 is 2.70 bits per heavy atom. The molecule has 0 saturated heterocycles. The maximum atomic E-state index is 12.3. The van der Waals surface area contributed by atoms with Crippen LogP contribution in [-0.4, -0.2) is 11.6 Å². The SMILES string of the molecule is CC1=C/C(=N\NC(=O)c2sc(-c3ccc(Cl)cc3)cc2N)CC1. The second kappa shape index (κ2) is 6.56. The summed E-state index contributed by atoms with van der Waals surface area (Å²) in [6.45, 7) is 2.06. The number of nitrogens with two attached hydrogens (primary N) is 1. The fourth-order valence-corrected chi connectivity index (χ4v) is 3.46. The number of hydrazone groups is 1. The molecule has 6 heteroatoms. The van der Waals surface area contributed by atoms with Gasteiger partial charge in [0.15, 0.2) is 0 Å². The van der Waals surface area contributed by atoms with Crippen molar-refractivity contribution < 1.29 is 4.79 Å². The largest absolute Gasteiger partial charge is 0.397 e. The Bertz CT molecular complexity index is 806. The second-order valence-corrected chi connectivity index (χ2v) is 6.93. The quantitative estimate of drug-likeness (QED) is 0.805. The molecule has 4 nitrogen and oxygen atoms in total. The summed E-state index contributed by atoms with van der Waals surface area (Å²) < 4.78 is 0. The number of nitrogen functional groups attached to an aromatic ring is 1. The first-order valence-electron chi connectivity index (χ1n) is 7.22. The number of allylic oxidation sites excluding steroid dienone is 2. The highest BCUT2D eigenvalue weighted by Gasteiger charge is 2.16. The molecule has 1 heterocycles. The fraction of sp³-hybridized carbons (Fsp3) is 0.176. The molecule has 0 aliphatic heterocycles. The zero-order valence-electron chi connectivity index (χ0n) is 12.6. The lowest BCUT2D eigenvalue weighted by atomic mass is 10.2. The lowest BCUT2D eigenvalue weighted by molar-refractivity contribution is 0.0959. The van der Waals surface area contributed by atoms with Crippen LogP contribution in [0.25, 0.3) is 10.4 Å². The first kappa shape index (κ1) is 15.8. The van der Waals surface area contributed by atoms with Gasteiger partial charge in [0, 0.05) is 9.90 Å². The van der Waals surface area contributed by atoms with Crippen LogP contribution in [0.5, 0.6) is 0 Å². The van der Waals surface area contributed by atoms with Crippen LogP contribution in [-0.2, 0) is 0 Å². The van der Waals surface area contributed by atoms with Crippen molar-refractivity contribution in [3.05, 3.63) is 51.9 Å². The van der Waals surface area contributed by atoms with Crippen LogP contribution >= 0.6 is 22.9 Å². The third kappa shape index (κ3) is 3.63. The maximum Gasteiger partial charge on any atom is 0.283 e. The summed E-state index contributed by atoms with van der Waals surface area (Å²) in [6.07, 6.45) is 3.86. The Balaban J connectivity index is 1.78. The highest BCUT2D eigenvalue weighted by Crippen LogP contribution is 2.33. The monoisotopic (exact) mass is 345 g/mol. The smallest absolute Gasteiger partial charge is 0.283 e. The minimum Gasteiger partial charge on any atom is -0.397 e. The molecule has 0 atom stereocenters. The van der Waals surface area contributed by atoms with Gasteiger partial charge in [0.25, 0.3) is 5.91 Å². The number of nitrogens with one attached hydrogen (secondary N) is 1. The average molecular weight is 346 g/mol. The summed E-state index contributed by atoms with van der Waals surface area (Å²) in [5.74, 6) is -0.279. The number of hydrogen-bond acceptors (Lipinski definition) is 4.